The van der Waals surface area contributed by atoms with Gasteiger partial charge in [0.25, 0.3) is 5.91 Å². The van der Waals surface area contributed by atoms with Crippen LogP contribution in [0.3, 0.4) is 0 Å². The summed E-state index contributed by atoms with van der Waals surface area (Å²) in [5.74, 6) is 1.18. The number of rotatable bonds is 6. The van der Waals surface area contributed by atoms with Crippen LogP contribution < -0.4 is 15.8 Å². The normalized spacial score (nSPS) is 9.81. The van der Waals surface area contributed by atoms with Crippen LogP contribution in [0, 0.1) is 0 Å². The fourth-order valence-electron chi connectivity index (χ4n) is 1.83. The SMILES string of the molecule is CCOc1ccccc1CNC(=O)c1coc(CN)c1.Cl. The maximum atomic E-state index is 12.0. The average molecular weight is 311 g/mol. The monoisotopic (exact) mass is 310 g/mol. The molecule has 114 valence electrons. The Morgan fingerprint density at radius 1 is 1.38 bits per heavy atom. The van der Waals surface area contributed by atoms with Gasteiger partial charge in [-0.2, -0.15) is 0 Å². The van der Waals surface area contributed by atoms with E-state index in [0.717, 1.165) is 11.3 Å². The van der Waals surface area contributed by atoms with Crippen LogP contribution in [-0.4, -0.2) is 12.5 Å². The molecule has 0 saturated carbocycles. The van der Waals surface area contributed by atoms with Crippen LogP contribution in [-0.2, 0) is 13.1 Å². The van der Waals surface area contributed by atoms with E-state index in [9.17, 15) is 4.79 Å². The molecule has 0 atom stereocenters. The molecular weight excluding hydrogens is 292 g/mol. The van der Waals surface area contributed by atoms with E-state index in [4.69, 9.17) is 14.9 Å². The standard InChI is InChI=1S/C15H18N2O3.ClH/c1-2-19-14-6-4-3-5-11(14)9-17-15(18)12-7-13(8-16)20-10-12;/h3-7,10H,2,8-9,16H2,1H3,(H,17,18);1H. The topological polar surface area (TPSA) is 77.5 Å². The number of para-hydroxylation sites is 1. The van der Waals surface area contributed by atoms with E-state index in [1.165, 1.54) is 6.26 Å². The van der Waals surface area contributed by atoms with Crippen LogP contribution in [0.25, 0.3) is 0 Å². The zero-order valence-electron chi connectivity index (χ0n) is 11.8. The van der Waals surface area contributed by atoms with Crippen molar-refractivity contribution >= 4 is 18.3 Å². The van der Waals surface area contributed by atoms with E-state index in [1.54, 1.807) is 6.07 Å². The molecule has 2 rings (SSSR count). The second-order valence-corrected chi connectivity index (χ2v) is 4.23. The molecule has 1 amide bonds. The first-order chi connectivity index (χ1) is 9.74. The maximum absolute atomic E-state index is 12.0. The Hall–Kier alpha value is -1.98. The lowest BCUT2D eigenvalue weighted by Gasteiger charge is -2.10. The highest BCUT2D eigenvalue weighted by Crippen LogP contribution is 2.17. The molecule has 0 aliphatic heterocycles. The lowest BCUT2D eigenvalue weighted by atomic mass is 10.2. The van der Waals surface area contributed by atoms with Gasteiger partial charge in [-0.05, 0) is 19.1 Å². The summed E-state index contributed by atoms with van der Waals surface area (Å²) in [7, 11) is 0. The predicted octanol–water partition coefficient (Wildman–Crippen LogP) is 2.49. The second-order valence-electron chi connectivity index (χ2n) is 4.23. The van der Waals surface area contributed by atoms with Crippen molar-refractivity contribution in [1.29, 1.82) is 0 Å². The highest BCUT2D eigenvalue weighted by atomic mass is 35.5. The molecule has 0 fully saturated rings. The van der Waals surface area contributed by atoms with Gasteiger partial charge in [0, 0.05) is 12.1 Å². The Morgan fingerprint density at radius 2 is 2.14 bits per heavy atom. The lowest BCUT2D eigenvalue weighted by Crippen LogP contribution is -2.22. The summed E-state index contributed by atoms with van der Waals surface area (Å²) < 4.78 is 10.6. The van der Waals surface area contributed by atoms with Gasteiger partial charge in [0.15, 0.2) is 0 Å². The highest BCUT2D eigenvalue weighted by Gasteiger charge is 2.10. The summed E-state index contributed by atoms with van der Waals surface area (Å²) in [6.45, 7) is 3.19. The van der Waals surface area contributed by atoms with Crippen LogP contribution in [0.5, 0.6) is 5.75 Å². The highest BCUT2D eigenvalue weighted by molar-refractivity contribution is 5.93. The number of nitrogens with two attached hydrogens (primary N) is 1. The molecule has 1 aromatic heterocycles. The molecule has 0 bridgehead atoms. The first-order valence-electron chi connectivity index (χ1n) is 6.51. The number of benzene rings is 1. The third-order valence-corrected chi connectivity index (χ3v) is 2.83. The molecule has 0 unspecified atom stereocenters. The molecule has 0 spiro atoms. The minimum Gasteiger partial charge on any atom is -0.494 e. The molecule has 1 aromatic carbocycles. The van der Waals surface area contributed by atoms with Gasteiger partial charge in [-0.15, -0.1) is 12.4 Å². The van der Waals surface area contributed by atoms with Crippen molar-refractivity contribution in [2.45, 2.75) is 20.0 Å². The van der Waals surface area contributed by atoms with Crippen molar-refractivity contribution in [1.82, 2.24) is 5.32 Å². The first-order valence-corrected chi connectivity index (χ1v) is 6.51. The number of carbonyl (C=O) groups excluding carboxylic acids is 1. The van der Waals surface area contributed by atoms with Crippen LogP contribution in [0.15, 0.2) is 41.0 Å². The fraction of sp³-hybridized carbons (Fsp3) is 0.267. The molecule has 0 aliphatic carbocycles. The molecule has 1 heterocycles. The van der Waals surface area contributed by atoms with E-state index >= 15 is 0 Å². The third kappa shape index (κ3) is 4.51. The number of hydrogen-bond donors (Lipinski definition) is 2. The molecule has 0 saturated heterocycles. The van der Waals surface area contributed by atoms with Crippen molar-refractivity contribution in [3.63, 3.8) is 0 Å². The van der Waals surface area contributed by atoms with Crippen molar-refractivity contribution in [3.8, 4) is 5.75 Å². The maximum Gasteiger partial charge on any atom is 0.254 e. The zero-order chi connectivity index (χ0) is 14.4. The van der Waals surface area contributed by atoms with Gasteiger partial charge >= 0.3 is 0 Å². The quantitative estimate of drug-likeness (QED) is 0.859. The lowest BCUT2D eigenvalue weighted by molar-refractivity contribution is 0.0950. The molecule has 0 radical (unpaired) electrons. The molecule has 6 heteroatoms. The van der Waals surface area contributed by atoms with Crippen LogP contribution in [0.1, 0.15) is 28.6 Å². The van der Waals surface area contributed by atoms with Gasteiger partial charge in [0.2, 0.25) is 0 Å². The van der Waals surface area contributed by atoms with E-state index in [0.29, 0.717) is 24.5 Å². The second kappa shape index (κ2) is 8.34. The van der Waals surface area contributed by atoms with Crippen LogP contribution in [0.4, 0.5) is 0 Å². The molecule has 0 aliphatic rings. The van der Waals surface area contributed by atoms with Crippen molar-refractivity contribution in [2.24, 2.45) is 5.73 Å². The van der Waals surface area contributed by atoms with Crippen LogP contribution in [0.2, 0.25) is 0 Å². The number of halogens is 1. The van der Waals surface area contributed by atoms with E-state index in [-0.39, 0.29) is 24.9 Å². The predicted molar refractivity (Wildman–Crippen MR) is 82.6 cm³/mol. The number of furan rings is 1. The van der Waals surface area contributed by atoms with Gasteiger partial charge in [0.1, 0.15) is 17.8 Å². The van der Waals surface area contributed by atoms with E-state index < -0.39 is 0 Å². The van der Waals surface area contributed by atoms with Crippen LogP contribution >= 0.6 is 12.4 Å². The largest absolute Gasteiger partial charge is 0.494 e. The molecule has 2 aromatic rings. The summed E-state index contributed by atoms with van der Waals surface area (Å²) >= 11 is 0. The molecule has 21 heavy (non-hydrogen) atoms. The van der Waals surface area contributed by atoms with Gasteiger partial charge in [0.05, 0.1) is 18.7 Å². The molecule has 3 N–H and O–H groups in total. The number of nitrogens with one attached hydrogen (secondary N) is 1. The third-order valence-electron chi connectivity index (χ3n) is 2.83. The number of ether oxygens (including phenoxy) is 1. The summed E-state index contributed by atoms with van der Waals surface area (Å²) in [5, 5.41) is 2.83. The Morgan fingerprint density at radius 3 is 2.81 bits per heavy atom. The molecule has 5 nitrogen and oxygen atoms in total. The number of carbonyl (C=O) groups is 1. The van der Waals surface area contributed by atoms with Gasteiger partial charge < -0.3 is 20.2 Å². The Balaban J connectivity index is 0.00000220. The van der Waals surface area contributed by atoms with Gasteiger partial charge in [-0.3, -0.25) is 4.79 Å². The zero-order valence-corrected chi connectivity index (χ0v) is 12.6. The fourth-order valence-corrected chi connectivity index (χ4v) is 1.83. The Labute approximate surface area is 129 Å². The van der Waals surface area contributed by atoms with E-state index in [2.05, 4.69) is 5.32 Å². The van der Waals surface area contributed by atoms with Crippen molar-refractivity contribution < 1.29 is 13.9 Å². The molecular formula is C15H19ClN2O3. The summed E-state index contributed by atoms with van der Waals surface area (Å²) in [6.07, 6.45) is 1.41. The summed E-state index contributed by atoms with van der Waals surface area (Å²) in [5.41, 5.74) is 6.85. The van der Waals surface area contributed by atoms with Crippen molar-refractivity contribution in [3.05, 3.63) is 53.5 Å². The summed E-state index contributed by atoms with van der Waals surface area (Å²) in [6, 6.07) is 9.26. The van der Waals surface area contributed by atoms with Gasteiger partial charge in [-0.1, -0.05) is 18.2 Å². The van der Waals surface area contributed by atoms with E-state index in [1.807, 2.05) is 31.2 Å². The average Bonchev–Trinajstić information content (AvgIpc) is 2.95. The smallest absolute Gasteiger partial charge is 0.254 e. The number of amides is 1. The first kappa shape index (κ1) is 17.1. The minimum atomic E-state index is -0.195. The Kier molecular flexibility index (Phi) is 6.78. The Bertz CT molecular complexity index is 584. The minimum absolute atomic E-state index is 0. The van der Waals surface area contributed by atoms with Gasteiger partial charge in [-0.25, -0.2) is 0 Å². The summed E-state index contributed by atoms with van der Waals surface area (Å²) in [4.78, 5) is 12.0. The number of hydrogen-bond acceptors (Lipinski definition) is 4. The van der Waals surface area contributed by atoms with Crippen molar-refractivity contribution in [2.75, 3.05) is 6.61 Å².